The van der Waals surface area contributed by atoms with Crippen LogP contribution in [0.4, 0.5) is 17.1 Å². The van der Waals surface area contributed by atoms with E-state index in [2.05, 4.69) is 155 Å². The number of aromatic nitrogens is 1. The van der Waals surface area contributed by atoms with E-state index in [-0.39, 0.29) is 0 Å². The average molecular weight is 461 g/mol. The van der Waals surface area contributed by atoms with Gasteiger partial charge in [-0.3, -0.25) is 0 Å². The summed E-state index contributed by atoms with van der Waals surface area (Å²) in [4.78, 5) is 2.37. The van der Waals surface area contributed by atoms with Gasteiger partial charge in [0.05, 0.1) is 16.7 Å². The van der Waals surface area contributed by atoms with Crippen LogP contribution in [0.15, 0.2) is 146 Å². The molecule has 7 rings (SSSR count). The van der Waals surface area contributed by atoms with Crippen LogP contribution in [0.2, 0.25) is 0 Å². The van der Waals surface area contributed by atoms with E-state index in [0.717, 1.165) is 11.4 Å². The molecule has 2 nitrogen and oxygen atoms in total. The van der Waals surface area contributed by atoms with Crippen molar-refractivity contribution in [2.75, 3.05) is 4.90 Å². The maximum Gasteiger partial charge on any atom is 0.0542 e. The Morgan fingerprint density at radius 1 is 0.417 bits per heavy atom. The number of nitrogens with zero attached hydrogens (tertiary/aromatic N) is 2. The molecule has 0 unspecified atom stereocenters. The highest BCUT2D eigenvalue weighted by molar-refractivity contribution is 6.11. The molecule has 0 spiro atoms. The summed E-state index contributed by atoms with van der Waals surface area (Å²) in [7, 11) is 0. The van der Waals surface area contributed by atoms with Gasteiger partial charge in [0.25, 0.3) is 0 Å². The molecule has 0 radical (unpaired) electrons. The van der Waals surface area contributed by atoms with E-state index in [1.165, 1.54) is 44.0 Å². The normalized spacial score (nSPS) is 11.3. The van der Waals surface area contributed by atoms with Gasteiger partial charge in [-0.25, -0.2) is 0 Å². The third-order valence-electron chi connectivity index (χ3n) is 6.95. The highest BCUT2D eigenvalue weighted by Gasteiger charge is 2.18. The van der Waals surface area contributed by atoms with Gasteiger partial charge in [-0.1, -0.05) is 91.0 Å². The molecule has 1 aromatic heterocycles. The average Bonchev–Trinajstić information content (AvgIpc) is 3.28. The number of benzene rings is 6. The Morgan fingerprint density at radius 3 is 1.89 bits per heavy atom. The molecule has 0 atom stereocenters. The number of hydrogen-bond donors (Lipinski definition) is 0. The zero-order valence-corrected chi connectivity index (χ0v) is 19.8. The standard InChI is InChI=1S/C34H24N2/c1-3-14-26(15-4-1)35(32-21-11-13-25-12-7-8-18-29(25)32)28-22-23-34-31(24-28)30-19-9-10-20-33(30)36(34)27-16-5-2-6-17-27/h1-24H. The van der Waals surface area contributed by atoms with Crippen molar-refractivity contribution in [1.29, 1.82) is 0 Å². The Labute approximate surface area is 210 Å². The van der Waals surface area contributed by atoms with Crippen molar-refractivity contribution < 1.29 is 0 Å². The molecular formula is C34H24N2. The van der Waals surface area contributed by atoms with Gasteiger partial charge in [-0.05, 0) is 60.0 Å². The highest BCUT2D eigenvalue weighted by Crippen LogP contribution is 2.41. The van der Waals surface area contributed by atoms with Crippen LogP contribution in [0.5, 0.6) is 0 Å². The maximum atomic E-state index is 2.37. The maximum absolute atomic E-state index is 2.37. The number of rotatable bonds is 4. The summed E-state index contributed by atoms with van der Waals surface area (Å²) in [5.41, 5.74) is 7.04. The molecule has 0 amide bonds. The van der Waals surface area contributed by atoms with Gasteiger partial charge in [0.1, 0.15) is 0 Å². The fourth-order valence-corrected chi connectivity index (χ4v) is 5.36. The molecule has 0 bridgehead atoms. The monoisotopic (exact) mass is 460 g/mol. The lowest BCUT2D eigenvalue weighted by Crippen LogP contribution is -2.10. The topological polar surface area (TPSA) is 8.17 Å². The third kappa shape index (κ3) is 3.27. The van der Waals surface area contributed by atoms with Crippen molar-refractivity contribution in [3.05, 3.63) is 146 Å². The van der Waals surface area contributed by atoms with Crippen LogP contribution in [0.1, 0.15) is 0 Å². The zero-order valence-electron chi connectivity index (χ0n) is 19.8. The molecule has 0 fully saturated rings. The molecular weight excluding hydrogens is 436 g/mol. The summed E-state index contributed by atoms with van der Waals surface area (Å²) >= 11 is 0. The first-order valence-electron chi connectivity index (χ1n) is 12.3. The van der Waals surface area contributed by atoms with Gasteiger partial charge >= 0.3 is 0 Å². The first-order valence-corrected chi connectivity index (χ1v) is 12.3. The van der Waals surface area contributed by atoms with Crippen LogP contribution < -0.4 is 4.90 Å². The predicted octanol–water partition coefficient (Wildman–Crippen LogP) is 9.41. The molecule has 1 heterocycles. The summed E-state index contributed by atoms with van der Waals surface area (Å²) in [6.45, 7) is 0. The minimum atomic E-state index is 1.14. The predicted molar refractivity (Wildman–Crippen MR) is 153 cm³/mol. The van der Waals surface area contributed by atoms with E-state index in [4.69, 9.17) is 0 Å². The lowest BCUT2D eigenvalue weighted by Gasteiger charge is -2.27. The van der Waals surface area contributed by atoms with E-state index in [1.54, 1.807) is 0 Å². The molecule has 6 aromatic carbocycles. The van der Waals surface area contributed by atoms with E-state index >= 15 is 0 Å². The van der Waals surface area contributed by atoms with Gasteiger partial charge in [-0.2, -0.15) is 0 Å². The number of anilines is 3. The smallest absolute Gasteiger partial charge is 0.0542 e. The van der Waals surface area contributed by atoms with E-state index < -0.39 is 0 Å². The largest absolute Gasteiger partial charge is 0.310 e. The minimum absolute atomic E-state index is 1.14. The fraction of sp³-hybridized carbons (Fsp3) is 0. The molecule has 7 aromatic rings. The highest BCUT2D eigenvalue weighted by atomic mass is 15.1. The summed E-state index contributed by atoms with van der Waals surface area (Å²) in [6, 6.07) is 51.9. The first kappa shape index (κ1) is 20.5. The molecule has 0 aliphatic rings. The second-order valence-corrected chi connectivity index (χ2v) is 9.06. The van der Waals surface area contributed by atoms with Crippen LogP contribution in [-0.2, 0) is 0 Å². The van der Waals surface area contributed by atoms with Gasteiger partial charge in [0.2, 0.25) is 0 Å². The Hall–Kier alpha value is -4.82. The summed E-state index contributed by atoms with van der Waals surface area (Å²) in [5, 5.41) is 4.96. The van der Waals surface area contributed by atoms with Gasteiger partial charge < -0.3 is 9.47 Å². The molecule has 2 heteroatoms. The Balaban J connectivity index is 1.52. The molecule has 170 valence electrons. The summed E-state index contributed by atoms with van der Waals surface area (Å²) in [5.74, 6) is 0. The second-order valence-electron chi connectivity index (χ2n) is 9.06. The van der Waals surface area contributed by atoms with Crippen molar-refractivity contribution in [3.63, 3.8) is 0 Å². The minimum Gasteiger partial charge on any atom is -0.310 e. The molecule has 0 aliphatic carbocycles. The van der Waals surface area contributed by atoms with Crippen LogP contribution >= 0.6 is 0 Å². The molecule has 0 saturated heterocycles. The van der Waals surface area contributed by atoms with Crippen molar-refractivity contribution >= 4 is 49.6 Å². The van der Waals surface area contributed by atoms with E-state index in [1.807, 2.05) is 0 Å². The zero-order chi connectivity index (χ0) is 23.9. The molecule has 0 N–H and O–H groups in total. The first-order chi connectivity index (χ1) is 17.9. The van der Waals surface area contributed by atoms with Crippen molar-refractivity contribution in [2.24, 2.45) is 0 Å². The molecule has 0 saturated carbocycles. The van der Waals surface area contributed by atoms with Crippen molar-refractivity contribution in [2.45, 2.75) is 0 Å². The lowest BCUT2D eigenvalue weighted by molar-refractivity contribution is 1.18. The fourth-order valence-electron chi connectivity index (χ4n) is 5.36. The Morgan fingerprint density at radius 2 is 1.06 bits per heavy atom. The van der Waals surface area contributed by atoms with Crippen LogP contribution in [0.25, 0.3) is 38.3 Å². The third-order valence-corrected chi connectivity index (χ3v) is 6.95. The van der Waals surface area contributed by atoms with Gasteiger partial charge in [0.15, 0.2) is 0 Å². The Bertz CT molecular complexity index is 1830. The molecule has 0 aliphatic heterocycles. The van der Waals surface area contributed by atoms with Crippen LogP contribution in [0.3, 0.4) is 0 Å². The summed E-state index contributed by atoms with van der Waals surface area (Å²) < 4.78 is 2.36. The summed E-state index contributed by atoms with van der Waals surface area (Å²) in [6.07, 6.45) is 0. The lowest BCUT2D eigenvalue weighted by atomic mass is 10.1. The van der Waals surface area contributed by atoms with E-state index in [9.17, 15) is 0 Å². The number of fused-ring (bicyclic) bond motifs is 4. The SMILES string of the molecule is c1ccc(N(c2ccc3c(c2)c2ccccc2n3-c2ccccc2)c2cccc3ccccc23)cc1. The van der Waals surface area contributed by atoms with Gasteiger partial charge in [0, 0.05) is 33.2 Å². The van der Waals surface area contributed by atoms with Crippen LogP contribution in [-0.4, -0.2) is 4.57 Å². The second kappa shape index (κ2) is 8.44. The quantitative estimate of drug-likeness (QED) is 0.254. The molecule has 36 heavy (non-hydrogen) atoms. The van der Waals surface area contributed by atoms with Gasteiger partial charge in [-0.15, -0.1) is 0 Å². The van der Waals surface area contributed by atoms with E-state index in [0.29, 0.717) is 0 Å². The van der Waals surface area contributed by atoms with Crippen molar-refractivity contribution in [1.82, 2.24) is 4.57 Å². The van der Waals surface area contributed by atoms with Crippen molar-refractivity contribution in [3.8, 4) is 5.69 Å². The number of para-hydroxylation sites is 3. The number of hydrogen-bond acceptors (Lipinski definition) is 1. The van der Waals surface area contributed by atoms with Crippen LogP contribution in [0, 0.1) is 0 Å². The Kier molecular flexibility index (Phi) is 4.82.